The van der Waals surface area contributed by atoms with E-state index in [0.29, 0.717) is 16.3 Å². The Bertz CT molecular complexity index is 466. The number of ketones is 1. The normalized spacial score (nSPS) is 14.4. The molecule has 1 aromatic carbocycles. The number of anilines is 1. The second-order valence-electron chi connectivity index (χ2n) is 3.86. The van der Waals surface area contributed by atoms with Gasteiger partial charge in [-0.3, -0.25) is 9.59 Å². The number of nitrogens with one attached hydrogen (secondary N) is 1. The number of hydrogen-bond acceptors (Lipinski definition) is 2. The average Bonchev–Trinajstić information content (AvgIpc) is 2.43. The molecule has 0 unspecified atom stereocenters. The summed E-state index contributed by atoms with van der Waals surface area (Å²) >= 11 is 5.89. The second-order valence-corrected chi connectivity index (χ2v) is 4.29. The van der Waals surface area contributed by atoms with E-state index in [9.17, 15) is 9.59 Å². The molecule has 15 heavy (non-hydrogen) atoms. The zero-order valence-electron chi connectivity index (χ0n) is 8.43. The average molecular weight is 224 g/mol. The van der Waals surface area contributed by atoms with Gasteiger partial charge in [0.15, 0.2) is 0 Å². The summed E-state index contributed by atoms with van der Waals surface area (Å²) in [6.45, 7) is 3.97. The second kappa shape index (κ2) is 3.35. The van der Waals surface area contributed by atoms with Crippen LogP contribution in [0.5, 0.6) is 0 Å². The highest BCUT2D eigenvalue weighted by Gasteiger charge is 2.30. The van der Waals surface area contributed by atoms with Crippen molar-refractivity contribution in [2.75, 3.05) is 5.32 Å². The van der Waals surface area contributed by atoms with Crippen LogP contribution in [-0.4, -0.2) is 11.7 Å². The van der Waals surface area contributed by atoms with Gasteiger partial charge in [0.05, 0.1) is 11.3 Å². The SMILES string of the molecule is CC(C)c1cc(Cl)cc2c1NC(=O)C2=O. The van der Waals surface area contributed by atoms with Crippen LogP contribution in [0.2, 0.25) is 5.02 Å². The van der Waals surface area contributed by atoms with Crippen molar-refractivity contribution >= 4 is 29.0 Å². The molecule has 1 heterocycles. The zero-order chi connectivity index (χ0) is 11.2. The molecule has 1 N–H and O–H groups in total. The third kappa shape index (κ3) is 1.53. The highest BCUT2D eigenvalue weighted by molar-refractivity contribution is 6.52. The molecule has 0 fully saturated rings. The van der Waals surface area contributed by atoms with Crippen molar-refractivity contribution in [3.05, 3.63) is 28.3 Å². The van der Waals surface area contributed by atoms with Crippen molar-refractivity contribution in [3.63, 3.8) is 0 Å². The molecular weight excluding hydrogens is 214 g/mol. The molecule has 78 valence electrons. The summed E-state index contributed by atoms with van der Waals surface area (Å²) in [4.78, 5) is 22.7. The number of benzene rings is 1. The van der Waals surface area contributed by atoms with Gasteiger partial charge in [-0.15, -0.1) is 0 Å². The molecule has 0 spiro atoms. The van der Waals surface area contributed by atoms with Crippen LogP contribution in [0, 0.1) is 0 Å². The highest BCUT2D eigenvalue weighted by Crippen LogP contribution is 2.34. The molecule has 0 aromatic heterocycles. The van der Waals surface area contributed by atoms with Crippen LogP contribution in [0.1, 0.15) is 35.7 Å². The smallest absolute Gasteiger partial charge is 0.296 e. The number of amides is 1. The summed E-state index contributed by atoms with van der Waals surface area (Å²) in [6, 6.07) is 3.31. The summed E-state index contributed by atoms with van der Waals surface area (Å²) in [5, 5.41) is 3.07. The third-order valence-corrected chi connectivity index (χ3v) is 2.66. The van der Waals surface area contributed by atoms with Crippen LogP contribution >= 0.6 is 11.6 Å². The van der Waals surface area contributed by atoms with Gasteiger partial charge in [0.1, 0.15) is 0 Å². The molecule has 0 bridgehead atoms. The van der Waals surface area contributed by atoms with E-state index in [1.165, 1.54) is 6.07 Å². The third-order valence-electron chi connectivity index (χ3n) is 2.45. The largest absolute Gasteiger partial charge is 0.318 e. The van der Waals surface area contributed by atoms with Crippen molar-refractivity contribution in [2.45, 2.75) is 19.8 Å². The van der Waals surface area contributed by atoms with Crippen LogP contribution in [0.25, 0.3) is 0 Å². The molecular formula is C11H10ClNO2. The molecule has 3 nitrogen and oxygen atoms in total. The lowest BCUT2D eigenvalue weighted by Crippen LogP contribution is -2.12. The van der Waals surface area contributed by atoms with Gasteiger partial charge in [-0.2, -0.15) is 0 Å². The van der Waals surface area contributed by atoms with Gasteiger partial charge in [0.25, 0.3) is 11.7 Å². The molecule has 0 saturated carbocycles. The molecule has 1 amide bonds. The lowest BCUT2D eigenvalue weighted by atomic mass is 9.98. The van der Waals surface area contributed by atoms with E-state index >= 15 is 0 Å². The maximum Gasteiger partial charge on any atom is 0.296 e. The van der Waals surface area contributed by atoms with Crippen molar-refractivity contribution in [2.24, 2.45) is 0 Å². The number of carbonyl (C=O) groups is 2. The maximum absolute atomic E-state index is 11.5. The number of halogens is 1. The standard InChI is InChI=1S/C11H10ClNO2/c1-5(2)7-3-6(12)4-8-9(7)13-11(15)10(8)14/h3-5H,1-2H3,(H,13,14,15). The van der Waals surface area contributed by atoms with Crippen LogP contribution in [0.3, 0.4) is 0 Å². The summed E-state index contributed by atoms with van der Waals surface area (Å²) in [6.07, 6.45) is 0. The lowest BCUT2D eigenvalue weighted by Gasteiger charge is -2.11. The first-order valence-electron chi connectivity index (χ1n) is 4.70. The first-order chi connectivity index (χ1) is 7.00. The molecule has 0 radical (unpaired) electrons. The fourth-order valence-electron chi connectivity index (χ4n) is 1.69. The molecule has 4 heteroatoms. The fourth-order valence-corrected chi connectivity index (χ4v) is 1.92. The Morgan fingerprint density at radius 1 is 1.27 bits per heavy atom. The fraction of sp³-hybridized carbons (Fsp3) is 0.273. The molecule has 0 saturated heterocycles. The summed E-state index contributed by atoms with van der Waals surface area (Å²) in [5.41, 5.74) is 1.90. The number of Topliss-reactive ketones (excluding diaryl/α,β-unsaturated/α-hetero) is 1. The molecule has 1 aliphatic heterocycles. The first-order valence-corrected chi connectivity index (χ1v) is 5.07. The Hall–Kier alpha value is -1.35. The Labute approximate surface area is 92.4 Å². The summed E-state index contributed by atoms with van der Waals surface area (Å²) < 4.78 is 0. The number of fused-ring (bicyclic) bond motifs is 1. The minimum Gasteiger partial charge on any atom is -0.318 e. The molecule has 0 aliphatic carbocycles. The Morgan fingerprint density at radius 3 is 2.53 bits per heavy atom. The number of rotatable bonds is 1. The van der Waals surface area contributed by atoms with Gasteiger partial charge in [-0.25, -0.2) is 0 Å². The molecule has 2 rings (SSSR count). The van der Waals surface area contributed by atoms with Gasteiger partial charge in [0, 0.05) is 5.02 Å². The molecule has 1 aliphatic rings. The van der Waals surface area contributed by atoms with Gasteiger partial charge >= 0.3 is 0 Å². The molecule has 0 atom stereocenters. The minimum atomic E-state index is -0.575. The first kappa shape index (κ1) is 10.2. The van der Waals surface area contributed by atoms with Gasteiger partial charge in [0.2, 0.25) is 0 Å². The van der Waals surface area contributed by atoms with E-state index in [-0.39, 0.29) is 5.92 Å². The van der Waals surface area contributed by atoms with Crippen LogP contribution < -0.4 is 5.32 Å². The lowest BCUT2D eigenvalue weighted by molar-refractivity contribution is -0.112. The van der Waals surface area contributed by atoms with E-state index in [1.807, 2.05) is 13.8 Å². The Morgan fingerprint density at radius 2 is 1.93 bits per heavy atom. The number of hydrogen-bond donors (Lipinski definition) is 1. The predicted octanol–water partition coefficient (Wildman–Crippen LogP) is 2.60. The Balaban J connectivity index is 2.67. The van der Waals surface area contributed by atoms with E-state index in [4.69, 9.17) is 11.6 Å². The van der Waals surface area contributed by atoms with E-state index in [1.54, 1.807) is 6.07 Å². The topological polar surface area (TPSA) is 46.2 Å². The zero-order valence-corrected chi connectivity index (χ0v) is 9.18. The van der Waals surface area contributed by atoms with E-state index < -0.39 is 11.7 Å². The monoisotopic (exact) mass is 223 g/mol. The number of carbonyl (C=O) groups excluding carboxylic acids is 2. The minimum absolute atomic E-state index is 0.212. The molecule has 1 aromatic rings. The van der Waals surface area contributed by atoms with E-state index in [2.05, 4.69) is 5.32 Å². The van der Waals surface area contributed by atoms with Gasteiger partial charge < -0.3 is 5.32 Å². The van der Waals surface area contributed by atoms with Crippen molar-refractivity contribution < 1.29 is 9.59 Å². The van der Waals surface area contributed by atoms with Gasteiger partial charge in [-0.05, 0) is 23.6 Å². The quantitative estimate of drug-likeness (QED) is 0.744. The predicted molar refractivity (Wildman–Crippen MR) is 58.5 cm³/mol. The highest BCUT2D eigenvalue weighted by atomic mass is 35.5. The van der Waals surface area contributed by atoms with Crippen molar-refractivity contribution in [1.82, 2.24) is 0 Å². The van der Waals surface area contributed by atoms with Crippen LogP contribution in [0.15, 0.2) is 12.1 Å². The van der Waals surface area contributed by atoms with Crippen molar-refractivity contribution in [3.8, 4) is 0 Å². The van der Waals surface area contributed by atoms with Crippen molar-refractivity contribution in [1.29, 1.82) is 0 Å². The van der Waals surface area contributed by atoms with Crippen LogP contribution in [-0.2, 0) is 4.79 Å². The van der Waals surface area contributed by atoms with Crippen LogP contribution in [0.4, 0.5) is 5.69 Å². The Kier molecular flexibility index (Phi) is 2.27. The van der Waals surface area contributed by atoms with E-state index in [0.717, 1.165) is 5.56 Å². The van der Waals surface area contributed by atoms with Gasteiger partial charge in [-0.1, -0.05) is 25.4 Å². The maximum atomic E-state index is 11.5. The summed E-state index contributed by atoms with van der Waals surface area (Å²) in [7, 11) is 0. The summed E-state index contributed by atoms with van der Waals surface area (Å²) in [5.74, 6) is -0.868.